The molecule has 0 aromatic rings. The second-order valence-electron chi connectivity index (χ2n) is 2.04. The Hall–Kier alpha value is -0.820. The zero-order valence-corrected chi connectivity index (χ0v) is 6.13. The molecule has 72 valence electrons. The summed E-state index contributed by atoms with van der Waals surface area (Å²) in [5.41, 5.74) is 4.71. The second kappa shape index (κ2) is 3.72. The Morgan fingerprint density at radius 1 is 1.58 bits per heavy atom. The maximum Gasteiger partial charge on any atom is 0.416 e. The van der Waals surface area contributed by atoms with Crippen molar-refractivity contribution in [2.75, 3.05) is 7.11 Å². The van der Waals surface area contributed by atoms with Crippen molar-refractivity contribution in [3.63, 3.8) is 0 Å². The van der Waals surface area contributed by atoms with Gasteiger partial charge in [0.25, 0.3) is 0 Å². The summed E-state index contributed by atoms with van der Waals surface area (Å²) in [6.07, 6.45) is -7.79. The van der Waals surface area contributed by atoms with Crippen LogP contribution in [0.5, 0.6) is 0 Å². The highest BCUT2D eigenvalue weighted by atomic mass is 19.4. The largest absolute Gasteiger partial charge is 0.468 e. The van der Waals surface area contributed by atoms with Gasteiger partial charge >= 0.3 is 12.1 Å². The van der Waals surface area contributed by atoms with E-state index in [1.807, 2.05) is 0 Å². The van der Waals surface area contributed by atoms with Crippen LogP contribution in [0, 0.1) is 0 Å². The molecule has 0 rings (SSSR count). The van der Waals surface area contributed by atoms with Gasteiger partial charge < -0.3 is 15.6 Å². The number of esters is 1. The molecule has 0 unspecified atom stereocenters. The highest BCUT2D eigenvalue weighted by Gasteiger charge is 2.45. The number of carbonyl (C=O) groups is 1. The topological polar surface area (TPSA) is 72.5 Å². The normalized spacial score (nSPS) is 16.8. The second-order valence-corrected chi connectivity index (χ2v) is 2.04. The van der Waals surface area contributed by atoms with E-state index in [4.69, 9.17) is 10.8 Å². The minimum Gasteiger partial charge on any atom is -0.468 e. The van der Waals surface area contributed by atoms with Crippen LogP contribution in [0.1, 0.15) is 0 Å². The molecule has 0 bridgehead atoms. The van der Waals surface area contributed by atoms with Gasteiger partial charge in [-0.3, -0.25) is 4.79 Å². The van der Waals surface area contributed by atoms with Crippen LogP contribution in [0.2, 0.25) is 0 Å². The van der Waals surface area contributed by atoms with E-state index in [1.165, 1.54) is 0 Å². The molecule has 0 saturated carbocycles. The Labute approximate surface area is 66.1 Å². The Balaban J connectivity index is 4.29. The summed E-state index contributed by atoms with van der Waals surface area (Å²) in [5, 5.41) is 8.40. The maximum atomic E-state index is 11.7. The monoisotopic (exact) mass is 187 g/mol. The molecular weight excluding hydrogens is 179 g/mol. The van der Waals surface area contributed by atoms with Gasteiger partial charge in [0.1, 0.15) is 6.04 Å². The predicted octanol–water partition coefficient (Wildman–Crippen LogP) is -0.590. The van der Waals surface area contributed by atoms with E-state index in [-0.39, 0.29) is 0 Å². The molecule has 0 aliphatic rings. The number of nitrogens with two attached hydrogens (primary N) is 1. The van der Waals surface area contributed by atoms with Gasteiger partial charge in [-0.2, -0.15) is 13.2 Å². The Bertz CT molecular complexity index is 170. The summed E-state index contributed by atoms with van der Waals surface area (Å²) in [6, 6.07) is -2.09. The molecule has 3 N–H and O–H groups in total. The predicted molar refractivity (Wildman–Crippen MR) is 32.1 cm³/mol. The van der Waals surface area contributed by atoms with Crippen LogP contribution in [0.25, 0.3) is 0 Å². The fourth-order valence-corrected chi connectivity index (χ4v) is 0.469. The molecule has 7 heteroatoms. The number of methoxy groups -OCH3 is 1. The van der Waals surface area contributed by atoms with Crippen molar-refractivity contribution in [2.45, 2.75) is 18.3 Å². The van der Waals surface area contributed by atoms with Gasteiger partial charge in [0, 0.05) is 0 Å². The third kappa shape index (κ3) is 2.67. The molecule has 0 saturated heterocycles. The lowest BCUT2D eigenvalue weighted by Crippen LogP contribution is -2.50. The number of halogens is 3. The van der Waals surface area contributed by atoms with Gasteiger partial charge in [-0.05, 0) is 0 Å². The molecule has 0 fully saturated rings. The van der Waals surface area contributed by atoms with Crippen molar-refractivity contribution in [2.24, 2.45) is 5.73 Å². The number of rotatable bonds is 2. The molecule has 2 atom stereocenters. The minimum atomic E-state index is -4.91. The average Bonchev–Trinajstić information content (AvgIpc) is 1.98. The van der Waals surface area contributed by atoms with Gasteiger partial charge in [-0.15, -0.1) is 0 Å². The molecule has 0 spiro atoms. The van der Waals surface area contributed by atoms with E-state index in [1.54, 1.807) is 0 Å². The van der Waals surface area contributed by atoms with Crippen molar-refractivity contribution < 1.29 is 27.8 Å². The summed E-state index contributed by atoms with van der Waals surface area (Å²) in [4.78, 5) is 10.4. The molecule has 0 amide bonds. The molecule has 4 nitrogen and oxygen atoms in total. The first-order valence-corrected chi connectivity index (χ1v) is 2.89. The smallest absolute Gasteiger partial charge is 0.416 e. The lowest BCUT2D eigenvalue weighted by atomic mass is 10.2. The lowest BCUT2D eigenvalue weighted by molar-refractivity contribution is -0.213. The summed E-state index contributed by atoms with van der Waals surface area (Å²) in [7, 11) is 0.880. The number of ether oxygens (including phenoxy) is 1. The number of carbonyl (C=O) groups excluding carboxylic acids is 1. The molecule has 12 heavy (non-hydrogen) atoms. The van der Waals surface area contributed by atoms with Crippen molar-refractivity contribution in [3.05, 3.63) is 0 Å². The fourth-order valence-electron chi connectivity index (χ4n) is 0.469. The van der Waals surface area contributed by atoms with Gasteiger partial charge in [-0.25, -0.2) is 0 Å². The first-order valence-electron chi connectivity index (χ1n) is 2.89. The van der Waals surface area contributed by atoms with E-state index in [0.29, 0.717) is 0 Å². The summed E-state index contributed by atoms with van der Waals surface area (Å²) in [5.74, 6) is -1.31. The zero-order chi connectivity index (χ0) is 9.94. The molecule has 0 aliphatic heterocycles. The molecule has 0 aromatic heterocycles. The number of aliphatic hydroxyl groups is 1. The first kappa shape index (κ1) is 11.2. The van der Waals surface area contributed by atoms with Crippen LogP contribution in [0.3, 0.4) is 0 Å². The van der Waals surface area contributed by atoms with Crippen LogP contribution in [-0.4, -0.2) is 36.5 Å². The fraction of sp³-hybridized carbons (Fsp3) is 0.800. The number of aliphatic hydroxyl groups excluding tert-OH is 1. The van der Waals surface area contributed by atoms with Crippen molar-refractivity contribution in [1.29, 1.82) is 0 Å². The van der Waals surface area contributed by atoms with Crippen molar-refractivity contribution >= 4 is 5.97 Å². The van der Waals surface area contributed by atoms with Crippen molar-refractivity contribution in [3.8, 4) is 0 Å². The Morgan fingerprint density at radius 3 is 2.25 bits per heavy atom. The first-order chi connectivity index (χ1) is 5.30. The highest BCUT2D eigenvalue weighted by Crippen LogP contribution is 2.21. The Kier molecular flexibility index (Phi) is 3.47. The molecule has 0 aliphatic carbocycles. The van der Waals surface area contributed by atoms with E-state index in [2.05, 4.69) is 4.74 Å². The van der Waals surface area contributed by atoms with E-state index < -0.39 is 24.3 Å². The van der Waals surface area contributed by atoms with E-state index >= 15 is 0 Å². The molecule has 0 radical (unpaired) electrons. The molecular formula is C5H8F3NO3. The van der Waals surface area contributed by atoms with Gasteiger partial charge in [0.05, 0.1) is 7.11 Å². The summed E-state index contributed by atoms with van der Waals surface area (Å²) < 4.78 is 38.9. The van der Waals surface area contributed by atoms with Gasteiger partial charge in [-0.1, -0.05) is 0 Å². The van der Waals surface area contributed by atoms with Crippen LogP contribution >= 0.6 is 0 Å². The quantitative estimate of drug-likeness (QED) is 0.567. The van der Waals surface area contributed by atoms with E-state index in [9.17, 15) is 18.0 Å². The average molecular weight is 187 g/mol. The Morgan fingerprint density at radius 2 is 2.00 bits per heavy atom. The van der Waals surface area contributed by atoms with Crippen LogP contribution in [0.4, 0.5) is 13.2 Å². The zero-order valence-electron chi connectivity index (χ0n) is 6.13. The van der Waals surface area contributed by atoms with E-state index in [0.717, 1.165) is 7.11 Å². The van der Waals surface area contributed by atoms with Crippen LogP contribution < -0.4 is 5.73 Å². The van der Waals surface area contributed by atoms with Crippen LogP contribution in [0.15, 0.2) is 0 Å². The minimum absolute atomic E-state index is 0.880. The summed E-state index contributed by atoms with van der Waals surface area (Å²) >= 11 is 0. The lowest BCUT2D eigenvalue weighted by Gasteiger charge is -2.18. The SMILES string of the molecule is COC(=O)[C@@H](N)[C@@H](O)C(F)(F)F. The van der Waals surface area contributed by atoms with Gasteiger partial charge in [0.15, 0.2) is 6.10 Å². The number of alkyl halides is 3. The third-order valence-corrected chi connectivity index (χ3v) is 1.15. The molecule has 0 aromatic carbocycles. The van der Waals surface area contributed by atoms with Gasteiger partial charge in [0.2, 0.25) is 0 Å². The third-order valence-electron chi connectivity index (χ3n) is 1.15. The maximum absolute atomic E-state index is 11.7. The van der Waals surface area contributed by atoms with Crippen molar-refractivity contribution in [1.82, 2.24) is 0 Å². The highest BCUT2D eigenvalue weighted by molar-refractivity contribution is 5.76. The summed E-state index contributed by atoms with van der Waals surface area (Å²) in [6.45, 7) is 0. The number of hydrogen-bond acceptors (Lipinski definition) is 4. The van der Waals surface area contributed by atoms with Crippen LogP contribution in [-0.2, 0) is 9.53 Å². The number of hydrogen-bond donors (Lipinski definition) is 2. The molecule has 0 heterocycles. The standard InChI is InChI=1S/C5H8F3NO3/c1-12-4(11)2(9)3(10)5(6,7)8/h2-3,10H,9H2,1H3/t2-,3+/m0/s1.